The first-order valence-electron chi connectivity index (χ1n) is 9.55. The van der Waals surface area contributed by atoms with Gasteiger partial charge in [-0.05, 0) is 24.6 Å². The molecule has 0 aliphatic carbocycles. The van der Waals surface area contributed by atoms with Crippen LogP contribution in [-0.4, -0.2) is 45.0 Å². The molecule has 162 valence electrons. The Morgan fingerprint density at radius 2 is 1.03 bits per heavy atom. The van der Waals surface area contributed by atoms with Gasteiger partial charge in [0, 0.05) is 21.1 Å². The summed E-state index contributed by atoms with van der Waals surface area (Å²) in [7, 11) is 5.40. The van der Waals surface area contributed by atoms with Crippen LogP contribution < -0.4 is 14.2 Å². The maximum absolute atomic E-state index is 6.06. The second-order valence-electron chi connectivity index (χ2n) is 7.11. The summed E-state index contributed by atoms with van der Waals surface area (Å²) in [4.78, 5) is 0. The number of nitrogens with zero attached hydrogens (tertiary/aromatic N) is 9. The van der Waals surface area contributed by atoms with E-state index in [0.717, 1.165) is 5.56 Å². The second-order valence-corrected chi connectivity index (χ2v) is 7.11. The third-order valence-corrected chi connectivity index (χ3v) is 4.23. The highest BCUT2D eigenvalue weighted by atomic mass is 16.5. The third kappa shape index (κ3) is 5.15. The summed E-state index contributed by atoms with van der Waals surface area (Å²) in [6, 6.07) is 3.77. The molecule has 0 radical (unpaired) electrons. The molecule has 1 aromatic carbocycles. The van der Waals surface area contributed by atoms with Crippen molar-refractivity contribution in [2.24, 2.45) is 21.1 Å². The predicted octanol–water partition coefficient (Wildman–Crippen LogP) is 1.12. The molecule has 31 heavy (non-hydrogen) atoms. The highest BCUT2D eigenvalue weighted by Crippen LogP contribution is 2.40. The molecule has 3 aromatic heterocycles. The van der Waals surface area contributed by atoms with Gasteiger partial charge in [0.25, 0.3) is 0 Å². The average Bonchev–Trinajstić information content (AvgIpc) is 3.45. The zero-order valence-electron chi connectivity index (χ0n) is 17.8. The number of ether oxygens (including phenoxy) is 3. The van der Waals surface area contributed by atoms with E-state index in [1.807, 2.05) is 19.1 Å². The number of benzene rings is 1. The van der Waals surface area contributed by atoms with Crippen molar-refractivity contribution in [3.8, 4) is 17.2 Å². The van der Waals surface area contributed by atoms with Gasteiger partial charge >= 0.3 is 0 Å². The Balaban J connectivity index is 1.58. The number of hydrogen-bond donors (Lipinski definition) is 0. The SMILES string of the molecule is Cc1cc(OCc2cn(C)nn2)c(OCc2cn(C)nn2)c(OCc2cn(C)nn2)c1. The summed E-state index contributed by atoms with van der Waals surface area (Å²) in [5, 5.41) is 24.0. The van der Waals surface area contributed by atoms with E-state index in [0.29, 0.717) is 34.3 Å². The first kappa shape index (κ1) is 20.3. The van der Waals surface area contributed by atoms with Gasteiger partial charge in [0.2, 0.25) is 5.75 Å². The molecule has 4 aromatic rings. The van der Waals surface area contributed by atoms with Crippen molar-refractivity contribution in [2.75, 3.05) is 0 Å². The fraction of sp³-hybridized carbons (Fsp3) is 0.368. The molecular weight excluding hydrogens is 402 g/mol. The Morgan fingerprint density at radius 3 is 1.39 bits per heavy atom. The van der Waals surface area contributed by atoms with Crippen LogP contribution in [0.25, 0.3) is 0 Å². The van der Waals surface area contributed by atoms with Crippen LogP contribution in [0.1, 0.15) is 22.6 Å². The van der Waals surface area contributed by atoms with Gasteiger partial charge in [0.05, 0.1) is 18.6 Å². The molecule has 4 rings (SSSR count). The fourth-order valence-electron chi connectivity index (χ4n) is 2.90. The summed E-state index contributed by atoms with van der Waals surface area (Å²) in [6.45, 7) is 2.64. The van der Waals surface area contributed by atoms with Crippen molar-refractivity contribution in [3.63, 3.8) is 0 Å². The average molecular weight is 425 g/mol. The topological polar surface area (TPSA) is 120 Å². The Morgan fingerprint density at radius 1 is 0.645 bits per heavy atom. The lowest BCUT2D eigenvalue weighted by Crippen LogP contribution is -2.05. The normalized spacial score (nSPS) is 11.0. The predicted molar refractivity (Wildman–Crippen MR) is 107 cm³/mol. The van der Waals surface area contributed by atoms with Crippen LogP contribution >= 0.6 is 0 Å². The summed E-state index contributed by atoms with van der Waals surface area (Å²) < 4.78 is 22.9. The maximum atomic E-state index is 6.06. The van der Waals surface area contributed by atoms with Crippen molar-refractivity contribution in [1.82, 2.24) is 45.0 Å². The quantitative estimate of drug-likeness (QED) is 0.388. The van der Waals surface area contributed by atoms with Crippen molar-refractivity contribution >= 4 is 0 Å². The Kier molecular flexibility index (Phi) is 5.78. The van der Waals surface area contributed by atoms with Gasteiger partial charge in [-0.25, -0.2) is 0 Å². The Bertz CT molecular complexity index is 1100. The minimum Gasteiger partial charge on any atom is -0.483 e. The Labute approximate surface area is 178 Å². The maximum Gasteiger partial charge on any atom is 0.204 e. The van der Waals surface area contributed by atoms with Crippen molar-refractivity contribution in [2.45, 2.75) is 26.7 Å². The molecule has 0 aliphatic heterocycles. The van der Waals surface area contributed by atoms with E-state index in [1.165, 1.54) is 0 Å². The van der Waals surface area contributed by atoms with Crippen LogP contribution in [-0.2, 0) is 41.0 Å². The molecule has 0 unspecified atom stereocenters. The van der Waals surface area contributed by atoms with Crippen molar-refractivity contribution < 1.29 is 14.2 Å². The molecule has 0 bridgehead atoms. The lowest BCUT2D eigenvalue weighted by Gasteiger charge is -2.17. The first-order valence-corrected chi connectivity index (χ1v) is 9.55. The molecule has 0 saturated carbocycles. The second kappa shape index (κ2) is 8.81. The van der Waals surface area contributed by atoms with Gasteiger partial charge < -0.3 is 14.2 Å². The van der Waals surface area contributed by atoms with Crippen LogP contribution in [0.3, 0.4) is 0 Å². The lowest BCUT2D eigenvalue weighted by atomic mass is 10.2. The van der Waals surface area contributed by atoms with Crippen LogP contribution in [0.5, 0.6) is 17.2 Å². The molecule has 0 N–H and O–H groups in total. The smallest absolute Gasteiger partial charge is 0.204 e. The molecule has 12 heteroatoms. The van der Waals surface area contributed by atoms with E-state index < -0.39 is 0 Å². The van der Waals surface area contributed by atoms with Crippen LogP contribution in [0, 0.1) is 6.92 Å². The first-order chi connectivity index (χ1) is 15.0. The van der Waals surface area contributed by atoms with E-state index >= 15 is 0 Å². The van der Waals surface area contributed by atoms with Gasteiger partial charge in [0.15, 0.2) is 11.5 Å². The molecule has 0 saturated heterocycles. The van der Waals surface area contributed by atoms with Gasteiger partial charge in [-0.1, -0.05) is 15.6 Å². The molecule has 3 heterocycles. The molecule has 0 aliphatic rings. The van der Waals surface area contributed by atoms with Gasteiger partial charge in [-0.2, -0.15) is 0 Å². The zero-order valence-corrected chi connectivity index (χ0v) is 17.8. The van der Waals surface area contributed by atoms with Crippen LogP contribution in [0.2, 0.25) is 0 Å². The standard InChI is InChI=1S/C19H23N9O3/c1-13-5-17(29-10-14-7-26(2)23-20-14)19(31-12-16-9-28(4)25-22-16)18(6-13)30-11-15-8-27(3)24-21-15/h5-9H,10-12H2,1-4H3. The third-order valence-electron chi connectivity index (χ3n) is 4.23. The summed E-state index contributed by atoms with van der Waals surface area (Å²) >= 11 is 0. The summed E-state index contributed by atoms with van der Waals surface area (Å²) in [5.74, 6) is 1.52. The molecule has 0 spiro atoms. The van der Waals surface area contributed by atoms with Crippen molar-refractivity contribution in [3.05, 3.63) is 53.4 Å². The molecule has 12 nitrogen and oxygen atoms in total. The van der Waals surface area contributed by atoms with Gasteiger partial charge in [0.1, 0.15) is 36.9 Å². The number of aromatic nitrogens is 9. The summed E-state index contributed by atoms with van der Waals surface area (Å²) in [5.41, 5.74) is 3.04. The van der Waals surface area contributed by atoms with E-state index in [9.17, 15) is 0 Å². The minimum absolute atomic E-state index is 0.208. The number of rotatable bonds is 9. The molecule has 0 amide bonds. The molecular formula is C19H23N9O3. The monoisotopic (exact) mass is 425 g/mol. The lowest BCUT2D eigenvalue weighted by molar-refractivity contribution is 0.226. The minimum atomic E-state index is 0.208. The number of hydrogen-bond acceptors (Lipinski definition) is 9. The summed E-state index contributed by atoms with van der Waals surface area (Å²) in [6.07, 6.45) is 5.37. The largest absolute Gasteiger partial charge is 0.483 e. The highest BCUT2D eigenvalue weighted by Gasteiger charge is 2.17. The molecule has 0 atom stereocenters. The van der Waals surface area contributed by atoms with Crippen molar-refractivity contribution in [1.29, 1.82) is 0 Å². The van der Waals surface area contributed by atoms with E-state index in [4.69, 9.17) is 14.2 Å². The van der Waals surface area contributed by atoms with E-state index in [2.05, 4.69) is 30.9 Å². The van der Waals surface area contributed by atoms with E-state index in [-0.39, 0.29) is 19.8 Å². The highest BCUT2D eigenvalue weighted by molar-refractivity contribution is 5.53. The van der Waals surface area contributed by atoms with Crippen LogP contribution in [0.4, 0.5) is 0 Å². The molecule has 0 fully saturated rings. The van der Waals surface area contributed by atoms with Crippen LogP contribution in [0.15, 0.2) is 30.7 Å². The zero-order chi connectivity index (χ0) is 21.8. The van der Waals surface area contributed by atoms with Gasteiger partial charge in [-0.15, -0.1) is 15.3 Å². The number of aryl methyl sites for hydroxylation is 4. The Hall–Kier alpha value is -3.96. The fourth-order valence-corrected chi connectivity index (χ4v) is 2.90. The van der Waals surface area contributed by atoms with E-state index in [1.54, 1.807) is 53.8 Å². The van der Waals surface area contributed by atoms with Gasteiger partial charge in [-0.3, -0.25) is 14.0 Å².